The fourth-order valence-corrected chi connectivity index (χ4v) is 15.9. The highest BCUT2D eigenvalue weighted by molar-refractivity contribution is 6.31. The lowest BCUT2D eigenvalue weighted by atomic mass is 9.54. The number of nitrogens with zero attached hydrogens (tertiary/aromatic N) is 6. The second kappa shape index (κ2) is 21.0. The predicted octanol–water partition coefficient (Wildman–Crippen LogP) is 9.67. The van der Waals surface area contributed by atoms with Gasteiger partial charge in [-0.25, -0.2) is 9.37 Å². The molecule has 2 N–H and O–H groups in total. The van der Waals surface area contributed by atoms with E-state index in [1.165, 1.54) is 30.0 Å². The zero-order valence-electron chi connectivity index (χ0n) is 44.2. The zero-order valence-corrected chi connectivity index (χ0v) is 45.8. The van der Waals surface area contributed by atoms with Crippen molar-refractivity contribution in [3.05, 3.63) is 136 Å². The van der Waals surface area contributed by atoms with Gasteiger partial charge in [-0.2, -0.15) is 0 Å². The number of hydrogen-bond acceptors (Lipinski definition) is 10. The number of piperidine rings is 1. The standard InChI is InChI=1S/C60H75Cl2FN8O3/c1-8-59-53-28-42(26-39-14-10-9-11-15-39)56(59)67(4)37(2)32-64-52-30-45(27-40-16-19-43(61)20-17-40)68(5)57-49(36-73-7)66-55(60(52,57)58(59)72)38(3)71(53)34-41-18-21-44(62)29-51(41)74-46-22-23-47(48(63)31-46)50-33-65-54(69(50)6)35-70-24-12-13-25-70/h9-11,14-23,29,31,33,37-38,42,45,49,52-53,55-57,64,66H,8,12-13,24-28,30,32,34-36H2,1-7H3/t37-,38-,42+,45-,49+,52?,53?,55?,56?,57?,59?,60?/m0/s1. The molecule has 0 radical (unpaired) electrons. The Labute approximate surface area is 448 Å². The topological polar surface area (TPSA) is 90.4 Å². The summed E-state index contributed by atoms with van der Waals surface area (Å²) < 4.78 is 31.3. The van der Waals surface area contributed by atoms with Gasteiger partial charge in [0, 0.05) is 109 Å². The van der Waals surface area contributed by atoms with Crippen LogP contribution in [-0.2, 0) is 42.5 Å². The van der Waals surface area contributed by atoms with E-state index < -0.39 is 10.8 Å². The average molecular weight is 1050 g/mol. The molecule has 5 saturated heterocycles. The predicted molar refractivity (Wildman–Crippen MR) is 292 cm³/mol. The average Bonchev–Trinajstić information content (AvgIpc) is 4.21. The van der Waals surface area contributed by atoms with Gasteiger partial charge in [0.2, 0.25) is 0 Å². The SMILES string of the molecule is CCC12C(=O)C34C5C[C@H](Cc6ccc(Cl)cc6)N(C)C3[C@@H](COC)NC4[C@H](C)N(Cc3ccc(Cl)cc3Oc3ccc(-c4cnc(CN6CCCC6)n4C)c(F)c3)C1C[C@@H](Cc1ccccc1)C2N(C)[C@@H](C)CN5. The maximum atomic E-state index is 17.5. The number of ketones is 1. The molecule has 6 fully saturated rings. The molecule has 1 aliphatic carbocycles. The van der Waals surface area contributed by atoms with Crippen molar-refractivity contribution in [2.45, 2.75) is 133 Å². The van der Waals surface area contributed by atoms with E-state index in [1.807, 2.05) is 41.9 Å². The van der Waals surface area contributed by atoms with E-state index >= 15 is 9.18 Å². The first-order valence-corrected chi connectivity index (χ1v) is 28.0. The number of Topliss-reactive ketones (excluding diaryl/α,β-unsaturated/α-hetero) is 1. The molecule has 2 bridgehead atoms. The summed E-state index contributed by atoms with van der Waals surface area (Å²) in [5.74, 6) is 2.07. The van der Waals surface area contributed by atoms with Crippen molar-refractivity contribution >= 4 is 29.0 Å². The van der Waals surface area contributed by atoms with Gasteiger partial charge in [-0.3, -0.25) is 24.4 Å². The number of hydrogen-bond donors (Lipinski definition) is 2. The van der Waals surface area contributed by atoms with E-state index in [9.17, 15) is 0 Å². The molecule has 1 aromatic heterocycles. The van der Waals surface area contributed by atoms with Crippen molar-refractivity contribution in [2.75, 3.05) is 47.4 Å². The number of methoxy groups -OCH3 is 1. The van der Waals surface area contributed by atoms with Gasteiger partial charge in [-0.1, -0.05) is 78.7 Å². The minimum Gasteiger partial charge on any atom is -0.457 e. The van der Waals surface area contributed by atoms with Crippen molar-refractivity contribution in [1.29, 1.82) is 0 Å². The smallest absolute Gasteiger partial charge is 0.153 e. The first kappa shape index (κ1) is 51.9. The van der Waals surface area contributed by atoms with Gasteiger partial charge in [0.15, 0.2) is 5.78 Å². The third-order valence-electron chi connectivity index (χ3n) is 19.1. The number of halogens is 3. The van der Waals surface area contributed by atoms with Gasteiger partial charge in [0.1, 0.15) is 23.1 Å². The molecule has 5 aromatic rings. The van der Waals surface area contributed by atoms with Gasteiger partial charge in [-0.15, -0.1) is 0 Å². The van der Waals surface area contributed by atoms with Gasteiger partial charge in [0.25, 0.3) is 0 Å². The van der Waals surface area contributed by atoms with Crippen molar-refractivity contribution < 1.29 is 18.7 Å². The molecule has 6 heterocycles. The molecule has 0 amide bonds. The molecular formula is C60H75Cl2FN8O3. The van der Waals surface area contributed by atoms with Crippen LogP contribution in [0.4, 0.5) is 4.39 Å². The Bertz CT molecular complexity index is 2810. The number of carbonyl (C=O) groups is 1. The van der Waals surface area contributed by atoms with Crippen LogP contribution in [0.5, 0.6) is 11.5 Å². The molecule has 11 rings (SSSR count). The number of rotatable bonds is 14. The van der Waals surface area contributed by atoms with Crippen molar-refractivity contribution in [3.63, 3.8) is 0 Å². The summed E-state index contributed by atoms with van der Waals surface area (Å²) in [5.41, 5.74) is 3.07. The molecule has 394 valence electrons. The number of likely N-dealkylation sites (N-methyl/N-ethyl adjacent to an activating group) is 2. The fourth-order valence-electron chi connectivity index (χ4n) is 15.6. The monoisotopic (exact) mass is 1040 g/mol. The van der Waals surface area contributed by atoms with Crippen LogP contribution in [-0.4, -0.2) is 137 Å². The third-order valence-corrected chi connectivity index (χ3v) is 19.6. The Balaban J connectivity index is 1.01. The quantitative estimate of drug-likeness (QED) is 0.112. The summed E-state index contributed by atoms with van der Waals surface area (Å²) in [7, 11) is 8.30. The first-order chi connectivity index (χ1) is 35.8. The summed E-state index contributed by atoms with van der Waals surface area (Å²) in [4.78, 5) is 32.4. The molecule has 1 spiro atoms. The number of nitrogens with one attached hydrogen (secondary N) is 2. The van der Waals surface area contributed by atoms with E-state index in [2.05, 4.69) is 114 Å². The highest BCUT2D eigenvalue weighted by atomic mass is 35.5. The maximum Gasteiger partial charge on any atom is 0.153 e. The molecule has 14 heteroatoms. The van der Waals surface area contributed by atoms with Crippen LogP contribution in [0.25, 0.3) is 11.3 Å². The molecule has 4 aromatic carbocycles. The van der Waals surface area contributed by atoms with E-state index in [-0.39, 0.29) is 66.1 Å². The maximum absolute atomic E-state index is 17.5. The Morgan fingerprint density at radius 1 is 0.851 bits per heavy atom. The number of benzene rings is 4. The van der Waals surface area contributed by atoms with Crippen molar-refractivity contribution in [2.24, 2.45) is 23.8 Å². The minimum atomic E-state index is -0.816. The van der Waals surface area contributed by atoms with Crippen LogP contribution >= 0.6 is 23.2 Å². The summed E-state index contributed by atoms with van der Waals surface area (Å²) in [6.45, 7) is 11.6. The molecular weight excluding hydrogens is 971 g/mol. The normalized spacial score (nSPS) is 32.5. The third kappa shape index (κ3) is 8.86. The summed E-state index contributed by atoms with van der Waals surface area (Å²) in [5, 5.41) is 9.68. The molecule has 6 aliphatic rings. The molecule has 7 unspecified atom stereocenters. The Morgan fingerprint density at radius 2 is 1.59 bits per heavy atom. The number of aromatic nitrogens is 2. The van der Waals surface area contributed by atoms with Gasteiger partial charge < -0.3 is 24.7 Å². The second-order valence-corrected chi connectivity index (χ2v) is 23.7. The van der Waals surface area contributed by atoms with E-state index in [0.29, 0.717) is 47.4 Å². The van der Waals surface area contributed by atoms with Crippen LogP contribution in [0.1, 0.15) is 75.4 Å². The van der Waals surface area contributed by atoms with Crippen LogP contribution in [0, 0.1) is 22.6 Å². The van der Waals surface area contributed by atoms with Crippen LogP contribution in [0.15, 0.2) is 97.2 Å². The molecule has 5 aliphatic heterocycles. The highest BCUT2D eigenvalue weighted by Gasteiger charge is 2.77. The zero-order chi connectivity index (χ0) is 51.6. The van der Waals surface area contributed by atoms with E-state index in [0.717, 1.165) is 74.0 Å². The first-order valence-electron chi connectivity index (χ1n) is 27.3. The van der Waals surface area contributed by atoms with Crippen LogP contribution in [0.2, 0.25) is 10.0 Å². The lowest BCUT2D eigenvalue weighted by Gasteiger charge is -2.57. The van der Waals surface area contributed by atoms with Gasteiger partial charge in [0.05, 0.1) is 35.9 Å². The second-order valence-electron chi connectivity index (χ2n) is 22.8. The Morgan fingerprint density at radius 3 is 2.32 bits per heavy atom. The van der Waals surface area contributed by atoms with Crippen LogP contribution < -0.4 is 15.4 Å². The van der Waals surface area contributed by atoms with Gasteiger partial charge >= 0.3 is 0 Å². The Kier molecular flexibility index (Phi) is 14.7. The highest BCUT2D eigenvalue weighted by Crippen LogP contribution is 2.63. The van der Waals surface area contributed by atoms with Crippen molar-refractivity contribution in [3.8, 4) is 22.8 Å². The molecule has 74 heavy (non-hydrogen) atoms. The van der Waals surface area contributed by atoms with E-state index in [4.69, 9.17) is 37.7 Å². The largest absolute Gasteiger partial charge is 0.457 e. The summed E-state index contributed by atoms with van der Waals surface area (Å²) in [6.07, 6.45) is 8.24. The lowest BCUT2D eigenvalue weighted by molar-refractivity contribution is -0.154. The van der Waals surface area contributed by atoms with Crippen molar-refractivity contribution in [1.82, 2.24) is 39.8 Å². The fraction of sp³-hybridized carbons (Fsp3) is 0.533. The molecule has 1 saturated carbocycles. The van der Waals surface area contributed by atoms with Crippen LogP contribution in [0.3, 0.4) is 0 Å². The number of likely N-dealkylation sites (tertiary alicyclic amines) is 3. The summed E-state index contributed by atoms with van der Waals surface area (Å²) in [6, 6.07) is 29.5. The van der Waals surface area contributed by atoms with Gasteiger partial charge in [-0.05, 0) is 139 Å². The molecule has 12 atom stereocenters. The number of imidazole rings is 1. The summed E-state index contributed by atoms with van der Waals surface area (Å²) >= 11 is 13.3. The molecule has 11 nitrogen and oxygen atoms in total. The number of ether oxygens (including phenoxy) is 2. The Hall–Kier alpha value is -4.21. The lowest BCUT2D eigenvalue weighted by Crippen LogP contribution is -2.73. The minimum absolute atomic E-state index is 0.0408. The number of carbonyl (C=O) groups excluding carboxylic acids is 1. The van der Waals surface area contributed by atoms with E-state index in [1.54, 1.807) is 19.4 Å².